The molecule has 0 fully saturated rings. The molecule has 24 heavy (non-hydrogen) atoms. The summed E-state index contributed by atoms with van der Waals surface area (Å²) in [6, 6.07) is 15.0. The normalized spacial score (nSPS) is 10.6. The van der Waals surface area contributed by atoms with E-state index in [9.17, 15) is 9.59 Å². The van der Waals surface area contributed by atoms with Crippen molar-refractivity contribution >= 4 is 35.3 Å². The van der Waals surface area contributed by atoms with Crippen LogP contribution in [-0.2, 0) is 16.0 Å². The SMILES string of the molecule is Cc1c(Cl)cccc1NC(=O)C(=O)NN=CCCc1ccccc1. The molecular weight excluding hydrogens is 326 g/mol. The average Bonchev–Trinajstić information content (AvgIpc) is 2.59. The number of hydrogen-bond acceptors (Lipinski definition) is 3. The smallest absolute Gasteiger partial charge is 0.317 e. The minimum atomic E-state index is -0.828. The van der Waals surface area contributed by atoms with E-state index in [-0.39, 0.29) is 0 Å². The number of amides is 2. The molecule has 5 nitrogen and oxygen atoms in total. The molecule has 2 rings (SSSR count). The number of carbonyl (C=O) groups is 2. The maximum atomic E-state index is 11.8. The molecule has 6 heteroatoms. The summed E-state index contributed by atoms with van der Waals surface area (Å²) in [4.78, 5) is 23.5. The van der Waals surface area contributed by atoms with E-state index in [0.29, 0.717) is 22.7 Å². The van der Waals surface area contributed by atoms with Crippen molar-refractivity contribution in [3.63, 3.8) is 0 Å². The highest BCUT2D eigenvalue weighted by Gasteiger charge is 2.14. The van der Waals surface area contributed by atoms with Gasteiger partial charge < -0.3 is 5.32 Å². The number of carbonyl (C=O) groups excluding carboxylic acids is 2. The van der Waals surface area contributed by atoms with E-state index >= 15 is 0 Å². The molecule has 124 valence electrons. The maximum absolute atomic E-state index is 11.8. The van der Waals surface area contributed by atoms with Crippen molar-refractivity contribution in [2.45, 2.75) is 19.8 Å². The first-order valence-corrected chi connectivity index (χ1v) is 7.87. The average molecular weight is 344 g/mol. The number of hydrazone groups is 1. The fourth-order valence-electron chi connectivity index (χ4n) is 2.02. The third-order valence-electron chi connectivity index (χ3n) is 3.38. The lowest BCUT2D eigenvalue weighted by Crippen LogP contribution is -2.32. The molecule has 0 atom stereocenters. The van der Waals surface area contributed by atoms with E-state index in [2.05, 4.69) is 15.8 Å². The van der Waals surface area contributed by atoms with Crippen molar-refractivity contribution in [3.8, 4) is 0 Å². The first kappa shape index (κ1) is 17.7. The van der Waals surface area contributed by atoms with Crippen LogP contribution in [0.15, 0.2) is 53.6 Å². The van der Waals surface area contributed by atoms with Crippen LogP contribution >= 0.6 is 11.6 Å². The number of nitrogens with zero attached hydrogens (tertiary/aromatic N) is 1. The van der Waals surface area contributed by atoms with Gasteiger partial charge in [0.25, 0.3) is 0 Å². The van der Waals surface area contributed by atoms with Crippen LogP contribution in [0.3, 0.4) is 0 Å². The Morgan fingerprint density at radius 2 is 1.83 bits per heavy atom. The molecule has 0 aliphatic carbocycles. The van der Waals surface area contributed by atoms with E-state index in [4.69, 9.17) is 11.6 Å². The largest absolute Gasteiger partial charge is 0.329 e. The van der Waals surface area contributed by atoms with Gasteiger partial charge in [0.15, 0.2) is 0 Å². The minimum Gasteiger partial charge on any atom is -0.317 e. The third-order valence-corrected chi connectivity index (χ3v) is 3.79. The van der Waals surface area contributed by atoms with Crippen LogP contribution in [0.1, 0.15) is 17.5 Å². The maximum Gasteiger partial charge on any atom is 0.329 e. The molecule has 0 bridgehead atoms. The molecule has 2 N–H and O–H groups in total. The molecule has 0 aliphatic rings. The number of rotatable bonds is 5. The van der Waals surface area contributed by atoms with E-state index in [1.807, 2.05) is 30.3 Å². The Morgan fingerprint density at radius 1 is 1.08 bits per heavy atom. The van der Waals surface area contributed by atoms with Crippen molar-refractivity contribution in [1.82, 2.24) is 5.43 Å². The summed E-state index contributed by atoms with van der Waals surface area (Å²) >= 11 is 5.97. The molecule has 2 aromatic carbocycles. The second kappa shape index (κ2) is 8.84. The van der Waals surface area contributed by atoms with Crippen LogP contribution in [0, 0.1) is 6.92 Å². The summed E-state index contributed by atoms with van der Waals surface area (Å²) in [7, 11) is 0. The molecule has 0 unspecified atom stereocenters. The van der Waals surface area contributed by atoms with E-state index in [1.54, 1.807) is 31.3 Å². The number of halogens is 1. The fraction of sp³-hybridized carbons (Fsp3) is 0.167. The summed E-state index contributed by atoms with van der Waals surface area (Å²) in [5.41, 5.74) is 4.59. The lowest BCUT2D eigenvalue weighted by molar-refractivity contribution is -0.136. The molecule has 0 heterocycles. The van der Waals surface area contributed by atoms with Crippen molar-refractivity contribution in [3.05, 3.63) is 64.7 Å². The van der Waals surface area contributed by atoms with Gasteiger partial charge in [0.2, 0.25) is 0 Å². The first-order valence-electron chi connectivity index (χ1n) is 7.50. The lowest BCUT2D eigenvalue weighted by Gasteiger charge is -2.08. The summed E-state index contributed by atoms with van der Waals surface area (Å²) in [6.07, 6.45) is 3.05. The number of hydrogen-bond donors (Lipinski definition) is 2. The Hall–Kier alpha value is -2.66. The molecule has 2 amide bonds. The van der Waals surface area contributed by atoms with Gasteiger partial charge in [0.1, 0.15) is 0 Å². The van der Waals surface area contributed by atoms with Gasteiger partial charge in [-0.2, -0.15) is 5.10 Å². The molecule has 0 saturated carbocycles. The standard InChI is InChI=1S/C18H18ClN3O2/c1-13-15(19)10-5-11-16(13)21-17(23)18(24)22-20-12-6-9-14-7-3-2-4-8-14/h2-5,7-8,10-12H,6,9H2,1H3,(H,21,23)(H,22,24). The van der Waals surface area contributed by atoms with Gasteiger partial charge in [-0.1, -0.05) is 48.0 Å². The lowest BCUT2D eigenvalue weighted by atomic mass is 10.1. The topological polar surface area (TPSA) is 70.6 Å². The van der Waals surface area contributed by atoms with Crippen LogP contribution in [0.4, 0.5) is 5.69 Å². The van der Waals surface area contributed by atoms with Gasteiger partial charge in [-0.3, -0.25) is 9.59 Å². The molecule has 0 radical (unpaired) electrons. The first-order chi connectivity index (χ1) is 11.6. The number of benzene rings is 2. The van der Waals surface area contributed by atoms with E-state index < -0.39 is 11.8 Å². The monoisotopic (exact) mass is 343 g/mol. The highest BCUT2D eigenvalue weighted by atomic mass is 35.5. The van der Waals surface area contributed by atoms with E-state index in [0.717, 1.165) is 6.42 Å². The van der Waals surface area contributed by atoms with Crippen molar-refractivity contribution in [2.75, 3.05) is 5.32 Å². The zero-order chi connectivity index (χ0) is 17.4. The zero-order valence-electron chi connectivity index (χ0n) is 13.3. The summed E-state index contributed by atoms with van der Waals surface area (Å²) < 4.78 is 0. The van der Waals surface area contributed by atoms with Crippen LogP contribution in [0.5, 0.6) is 0 Å². The predicted octanol–water partition coefficient (Wildman–Crippen LogP) is 3.32. The van der Waals surface area contributed by atoms with Gasteiger partial charge in [-0.15, -0.1) is 0 Å². The van der Waals surface area contributed by atoms with Gasteiger partial charge in [0.05, 0.1) is 0 Å². The predicted molar refractivity (Wildman–Crippen MR) is 96.2 cm³/mol. The minimum absolute atomic E-state index is 0.496. The van der Waals surface area contributed by atoms with Crippen molar-refractivity contribution < 1.29 is 9.59 Å². The zero-order valence-corrected chi connectivity index (χ0v) is 14.0. The molecule has 0 spiro atoms. The highest BCUT2D eigenvalue weighted by molar-refractivity contribution is 6.40. The Morgan fingerprint density at radius 3 is 2.58 bits per heavy atom. The van der Waals surface area contributed by atoms with E-state index in [1.165, 1.54) is 5.56 Å². The van der Waals surface area contributed by atoms with Crippen LogP contribution in [0.25, 0.3) is 0 Å². The van der Waals surface area contributed by atoms with Crippen molar-refractivity contribution in [2.24, 2.45) is 5.10 Å². The fourth-order valence-corrected chi connectivity index (χ4v) is 2.19. The van der Waals surface area contributed by atoms with Crippen LogP contribution in [0.2, 0.25) is 5.02 Å². The third kappa shape index (κ3) is 5.21. The molecule has 0 aliphatic heterocycles. The Kier molecular flexibility index (Phi) is 6.51. The Bertz CT molecular complexity index is 745. The Balaban J connectivity index is 1.78. The van der Waals surface area contributed by atoms with Gasteiger partial charge in [-0.05, 0) is 43.0 Å². The number of nitrogens with one attached hydrogen (secondary N) is 2. The molecular formula is C18H18ClN3O2. The van der Waals surface area contributed by atoms with Crippen molar-refractivity contribution in [1.29, 1.82) is 0 Å². The summed E-state index contributed by atoms with van der Waals surface area (Å²) in [5.74, 6) is -1.62. The highest BCUT2D eigenvalue weighted by Crippen LogP contribution is 2.22. The molecule has 2 aromatic rings. The quantitative estimate of drug-likeness (QED) is 0.496. The molecule has 0 saturated heterocycles. The second-order valence-electron chi connectivity index (χ2n) is 5.14. The summed E-state index contributed by atoms with van der Waals surface area (Å²) in [5, 5.41) is 6.81. The van der Waals surface area contributed by atoms with Crippen LogP contribution in [-0.4, -0.2) is 18.0 Å². The summed E-state index contributed by atoms with van der Waals surface area (Å²) in [6.45, 7) is 1.76. The number of anilines is 1. The number of aryl methyl sites for hydroxylation is 1. The second-order valence-corrected chi connectivity index (χ2v) is 5.55. The molecule has 0 aromatic heterocycles. The van der Waals surface area contributed by atoms with Gasteiger partial charge >= 0.3 is 11.8 Å². The van der Waals surface area contributed by atoms with Gasteiger partial charge in [0, 0.05) is 16.9 Å². The van der Waals surface area contributed by atoms with Crippen LogP contribution < -0.4 is 10.7 Å². The van der Waals surface area contributed by atoms with Gasteiger partial charge in [-0.25, -0.2) is 5.43 Å². The Labute approximate surface area is 145 Å².